The molecule has 2 aromatic rings. The average Bonchev–Trinajstić information content (AvgIpc) is 2.43. The van der Waals surface area contributed by atoms with Crippen LogP contribution in [-0.2, 0) is 13.0 Å². The fourth-order valence-corrected chi connectivity index (χ4v) is 2.99. The van der Waals surface area contributed by atoms with E-state index >= 15 is 0 Å². The molecule has 0 fully saturated rings. The van der Waals surface area contributed by atoms with E-state index in [4.69, 9.17) is 46.4 Å². The van der Waals surface area contributed by atoms with Gasteiger partial charge in [0.1, 0.15) is 0 Å². The van der Waals surface area contributed by atoms with Crippen LogP contribution in [0.15, 0.2) is 36.4 Å². The molecule has 0 radical (unpaired) electrons. The minimum atomic E-state index is 0.259. The smallest absolute Gasteiger partial charge is 0.0652 e. The summed E-state index contributed by atoms with van der Waals surface area (Å²) in [5.41, 5.74) is 2.01. The average molecular weight is 363 g/mol. The molecule has 0 spiro atoms. The second-order valence-corrected chi connectivity index (χ2v) is 6.57. The van der Waals surface area contributed by atoms with Crippen LogP contribution in [-0.4, -0.2) is 6.04 Å². The lowest BCUT2D eigenvalue weighted by molar-refractivity contribution is 0.545. The number of benzene rings is 2. The topological polar surface area (TPSA) is 12.0 Å². The summed E-state index contributed by atoms with van der Waals surface area (Å²) >= 11 is 24.4. The van der Waals surface area contributed by atoms with Crippen molar-refractivity contribution in [1.29, 1.82) is 0 Å². The number of nitrogens with one attached hydrogen (secondary N) is 1. The molecule has 112 valence electrons. The van der Waals surface area contributed by atoms with Crippen LogP contribution < -0.4 is 5.32 Å². The van der Waals surface area contributed by atoms with Gasteiger partial charge in [-0.25, -0.2) is 0 Å². The standard InChI is InChI=1S/C16H15Cl4N/c1-10(7-11-3-2-4-12(17)8-11)21-9-13-14(18)5-6-15(19)16(13)20/h2-6,8,10,21H,7,9H2,1H3. The van der Waals surface area contributed by atoms with Crippen LogP contribution in [0.2, 0.25) is 20.1 Å². The molecule has 21 heavy (non-hydrogen) atoms. The summed E-state index contributed by atoms with van der Waals surface area (Å²) in [5.74, 6) is 0. The van der Waals surface area contributed by atoms with Gasteiger partial charge in [-0.2, -0.15) is 0 Å². The van der Waals surface area contributed by atoms with Crippen LogP contribution in [0.1, 0.15) is 18.1 Å². The Morgan fingerprint density at radius 2 is 1.71 bits per heavy atom. The summed E-state index contributed by atoms with van der Waals surface area (Å²) in [4.78, 5) is 0. The van der Waals surface area contributed by atoms with Gasteiger partial charge in [-0.3, -0.25) is 0 Å². The molecule has 0 bridgehead atoms. The van der Waals surface area contributed by atoms with Crippen molar-refractivity contribution < 1.29 is 0 Å². The molecule has 1 unspecified atom stereocenters. The van der Waals surface area contributed by atoms with E-state index in [0.29, 0.717) is 21.6 Å². The molecule has 2 rings (SSSR count). The fraction of sp³-hybridized carbons (Fsp3) is 0.250. The number of rotatable bonds is 5. The first-order chi connectivity index (χ1) is 9.97. The van der Waals surface area contributed by atoms with Crippen LogP contribution >= 0.6 is 46.4 Å². The predicted molar refractivity (Wildman–Crippen MR) is 92.9 cm³/mol. The van der Waals surface area contributed by atoms with Crippen molar-refractivity contribution in [2.75, 3.05) is 0 Å². The second kappa shape index (κ2) is 7.71. The minimum absolute atomic E-state index is 0.259. The zero-order valence-corrected chi connectivity index (χ0v) is 14.5. The molecule has 0 saturated heterocycles. The van der Waals surface area contributed by atoms with Gasteiger partial charge in [0.2, 0.25) is 0 Å². The summed E-state index contributed by atoms with van der Waals surface area (Å²) in [5, 5.41) is 5.79. The molecule has 0 aromatic heterocycles. The van der Waals surface area contributed by atoms with Crippen molar-refractivity contribution in [2.45, 2.75) is 25.9 Å². The summed E-state index contributed by atoms with van der Waals surface area (Å²) in [6.45, 7) is 2.67. The normalized spacial score (nSPS) is 12.4. The highest BCUT2D eigenvalue weighted by Crippen LogP contribution is 2.31. The van der Waals surface area contributed by atoms with Gasteiger partial charge in [-0.15, -0.1) is 0 Å². The van der Waals surface area contributed by atoms with Crippen LogP contribution in [0.4, 0.5) is 0 Å². The van der Waals surface area contributed by atoms with Crippen LogP contribution in [0, 0.1) is 0 Å². The Hall–Kier alpha value is -0.440. The highest BCUT2D eigenvalue weighted by molar-refractivity contribution is 6.44. The van der Waals surface area contributed by atoms with Crippen molar-refractivity contribution in [3.8, 4) is 0 Å². The molecule has 0 aliphatic heterocycles. The third-order valence-corrected chi connectivity index (χ3v) is 4.63. The Bertz CT molecular complexity index is 628. The Morgan fingerprint density at radius 1 is 1.00 bits per heavy atom. The van der Waals surface area contributed by atoms with Gasteiger partial charge in [0.25, 0.3) is 0 Å². The molecule has 0 aliphatic rings. The number of hydrogen-bond acceptors (Lipinski definition) is 1. The molecule has 2 aromatic carbocycles. The van der Waals surface area contributed by atoms with Gasteiger partial charge in [-0.1, -0.05) is 58.5 Å². The minimum Gasteiger partial charge on any atom is -0.310 e. The van der Waals surface area contributed by atoms with E-state index in [2.05, 4.69) is 18.3 Å². The van der Waals surface area contributed by atoms with E-state index in [-0.39, 0.29) is 6.04 Å². The van der Waals surface area contributed by atoms with E-state index in [0.717, 1.165) is 17.0 Å². The van der Waals surface area contributed by atoms with E-state index in [1.165, 1.54) is 5.56 Å². The van der Waals surface area contributed by atoms with E-state index in [1.807, 2.05) is 18.2 Å². The predicted octanol–water partition coefficient (Wildman–Crippen LogP) is 6.02. The summed E-state index contributed by atoms with van der Waals surface area (Å²) < 4.78 is 0. The Morgan fingerprint density at radius 3 is 2.43 bits per heavy atom. The van der Waals surface area contributed by atoms with Crippen LogP contribution in [0.25, 0.3) is 0 Å². The summed E-state index contributed by atoms with van der Waals surface area (Å²) in [7, 11) is 0. The van der Waals surface area contributed by atoms with Crippen molar-refractivity contribution in [3.05, 3.63) is 67.6 Å². The van der Waals surface area contributed by atoms with Gasteiger partial charge < -0.3 is 5.32 Å². The third-order valence-electron chi connectivity index (χ3n) is 3.20. The first kappa shape index (κ1) is 16.9. The maximum absolute atomic E-state index is 6.19. The molecule has 0 aliphatic carbocycles. The molecule has 0 amide bonds. The fourth-order valence-electron chi connectivity index (χ4n) is 2.10. The Kier molecular flexibility index (Phi) is 6.21. The monoisotopic (exact) mass is 361 g/mol. The summed E-state index contributed by atoms with van der Waals surface area (Å²) in [6.07, 6.45) is 0.871. The molecule has 1 nitrogen and oxygen atoms in total. The first-order valence-corrected chi connectivity index (χ1v) is 8.08. The molecular weight excluding hydrogens is 348 g/mol. The SMILES string of the molecule is CC(Cc1cccc(Cl)c1)NCc1c(Cl)ccc(Cl)c1Cl. The second-order valence-electron chi connectivity index (χ2n) is 4.94. The highest BCUT2D eigenvalue weighted by atomic mass is 35.5. The summed E-state index contributed by atoms with van der Waals surface area (Å²) in [6, 6.07) is 11.6. The lowest BCUT2D eigenvalue weighted by Crippen LogP contribution is -2.27. The maximum Gasteiger partial charge on any atom is 0.0652 e. The van der Waals surface area contributed by atoms with E-state index in [9.17, 15) is 0 Å². The molecular formula is C16H15Cl4N. The largest absolute Gasteiger partial charge is 0.310 e. The highest BCUT2D eigenvalue weighted by Gasteiger charge is 2.11. The molecule has 0 saturated carbocycles. The van der Waals surface area contributed by atoms with Gasteiger partial charge in [0, 0.05) is 28.2 Å². The Labute approximate surface area is 145 Å². The van der Waals surface area contributed by atoms with Gasteiger partial charge in [0.15, 0.2) is 0 Å². The number of hydrogen-bond donors (Lipinski definition) is 1. The lowest BCUT2D eigenvalue weighted by atomic mass is 10.1. The molecule has 1 N–H and O–H groups in total. The van der Waals surface area contributed by atoms with Gasteiger partial charge in [-0.05, 0) is 43.2 Å². The van der Waals surface area contributed by atoms with Crippen molar-refractivity contribution in [2.24, 2.45) is 0 Å². The van der Waals surface area contributed by atoms with Crippen LogP contribution in [0.5, 0.6) is 0 Å². The quantitative estimate of drug-likeness (QED) is 0.641. The number of halogens is 4. The van der Waals surface area contributed by atoms with Crippen molar-refractivity contribution >= 4 is 46.4 Å². The van der Waals surface area contributed by atoms with Crippen molar-refractivity contribution in [3.63, 3.8) is 0 Å². The third kappa shape index (κ3) is 4.77. The molecule has 1 atom stereocenters. The zero-order chi connectivity index (χ0) is 15.4. The molecule has 5 heteroatoms. The van der Waals surface area contributed by atoms with Crippen molar-refractivity contribution in [1.82, 2.24) is 5.32 Å². The maximum atomic E-state index is 6.19. The molecule has 0 heterocycles. The van der Waals surface area contributed by atoms with Gasteiger partial charge >= 0.3 is 0 Å². The van der Waals surface area contributed by atoms with Gasteiger partial charge in [0.05, 0.1) is 10.0 Å². The van der Waals surface area contributed by atoms with E-state index in [1.54, 1.807) is 12.1 Å². The van der Waals surface area contributed by atoms with E-state index < -0.39 is 0 Å². The first-order valence-electron chi connectivity index (χ1n) is 6.57. The lowest BCUT2D eigenvalue weighted by Gasteiger charge is -2.16. The van der Waals surface area contributed by atoms with Crippen LogP contribution in [0.3, 0.4) is 0 Å². The Balaban J connectivity index is 1.98. The zero-order valence-electron chi connectivity index (χ0n) is 11.5.